The number of thiophene rings is 1. The fourth-order valence-corrected chi connectivity index (χ4v) is 10.6. The van der Waals surface area contributed by atoms with E-state index < -0.39 is 5.41 Å². The minimum absolute atomic E-state index is 0.505. The van der Waals surface area contributed by atoms with Gasteiger partial charge in [-0.2, -0.15) is 0 Å². The Labute approximate surface area is 328 Å². The summed E-state index contributed by atoms with van der Waals surface area (Å²) in [6.07, 6.45) is 0. The Morgan fingerprint density at radius 3 is 1.77 bits per heavy atom. The summed E-state index contributed by atoms with van der Waals surface area (Å²) >= 11 is 1.85. The van der Waals surface area contributed by atoms with Crippen LogP contribution in [0, 0.1) is 0 Å². The minimum atomic E-state index is -0.505. The van der Waals surface area contributed by atoms with Crippen LogP contribution < -0.4 is 4.90 Å². The van der Waals surface area contributed by atoms with Crippen LogP contribution >= 0.6 is 11.3 Å². The first-order chi connectivity index (χ1) is 27.7. The number of hydrogen-bond donors (Lipinski definition) is 0. The van der Waals surface area contributed by atoms with Crippen molar-refractivity contribution in [2.45, 2.75) is 5.41 Å². The molecule has 0 spiro atoms. The van der Waals surface area contributed by atoms with E-state index >= 15 is 0 Å². The van der Waals surface area contributed by atoms with E-state index in [-0.39, 0.29) is 0 Å². The van der Waals surface area contributed by atoms with E-state index in [9.17, 15) is 0 Å². The molecule has 0 fully saturated rings. The van der Waals surface area contributed by atoms with E-state index in [1.807, 2.05) is 11.3 Å². The summed E-state index contributed by atoms with van der Waals surface area (Å²) in [4.78, 5) is 2.43. The van der Waals surface area contributed by atoms with Crippen LogP contribution in [0.4, 0.5) is 17.1 Å². The van der Waals surface area contributed by atoms with E-state index in [2.05, 4.69) is 205 Å². The smallest absolute Gasteiger partial charge is 0.136 e. The van der Waals surface area contributed by atoms with Gasteiger partial charge in [0.25, 0.3) is 0 Å². The van der Waals surface area contributed by atoms with Crippen molar-refractivity contribution in [3.63, 3.8) is 0 Å². The normalized spacial score (nSPS) is 13.1. The Bertz CT molecular complexity index is 3290. The molecular weight excluding hydrogens is 699 g/mol. The maximum absolute atomic E-state index is 6.50. The summed E-state index contributed by atoms with van der Waals surface area (Å²) in [5.41, 5.74) is 12.2. The lowest BCUT2D eigenvalue weighted by atomic mass is 9.67. The summed E-state index contributed by atoms with van der Waals surface area (Å²) in [6, 6.07) is 73.5. The number of fused-ring (bicyclic) bond motifs is 10. The number of furan rings is 1. The van der Waals surface area contributed by atoms with Crippen LogP contribution in [-0.4, -0.2) is 0 Å². The highest BCUT2D eigenvalue weighted by atomic mass is 32.1. The molecule has 0 unspecified atom stereocenters. The Morgan fingerprint density at radius 1 is 0.375 bits per heavy atom. The molecule has 0 amide bonds. The molecule has 0 radical (unpaired) electrons. The molecular formula is C53H33NOS. The Morgan fingerprint density at radius 2 is 0.964 bits per heavy atom. The maximum atomic E-state index is 6.50. The summed E-state index contributed by atoms with van der Waals surface area (Å²) in [7, 11) is 0. The molecule has 0 atom stereocenters. The molecule has 1 aliphatic rings. The fourth-order valence-electron chi connectivity index (χ4n) is 9.48. The van der Waals surface area contributed by atoms with Gasteiger partial charge in [0.05, 0.1) is 5.41 Å². The first-order valence-electron chi connectivity index (χ1n) is 19.2. The number of rotatable bonds is 5. The topological polar surface area (TPSA) is 16.4 Å². The molecule has 3 heteroatoms. The SMILES string of the molecule is c1ccc(C2(c3cccc(N(c4ccc5oc6cc7ccccc7cc6c5c4)c4ccc5sc6ccccc6c5c4)c3)c3ccccc3-c3ccccc32)cc1. The summed E-state index contributed by atoms with van der Waals surface area (Å²) in [5, 5.41) is 7.16. The highest BCUT2D eigenvalue weighted by Gasteiger charge is 2.46. The molecule has 0 saturated carbocycles. The number of nitrogens with zero attached hydrogens (tertiary/aromatic N) is 1. The van der Waals surface area contributed by atoms with Crippen LogP contribution in [0.5, 0.6) is 0 Å². The first kappa shape index (κ1) is 31.4. The van der Waals surface area contributed by atoms with Crippen molar-refractivity contribution in [2.24, 2.45) is 0 Å². The van der Waals surface area contributed by atoms with E-state index in [4.69, 9.17) is 4.42 Å². The van der Waals surface area contributed by atoms with Crippen LogP contribution in [0.3, 0.4) is 0 Å². The monoisotopic (exact) mass is 731 g/mol. The zero-order chi connectivity index (χ0) is 36.8. The largest absolute Gasteiger partial charge is 0.456 e. The van der Waals surface area contributed by atoms with Crippen molar-refractivity contribution in [1.82, 2.24) is 0 Å². The standard InChI is InChI=1S/C53H33NOS/c1-2-15-36(16-3-1)53(47-22-9-6-19-41(47)42-20-7-10-23-48(42)53)37-17-12-18-38(31-37)54(40-26-28-52-46(33-40)43-21-8-11-24-51(43)56-52)39-25-27-49-45(32-39)44-29-34-13-4-5-14-35(34)30-50(44)55-49/h1-33H. The molecule has 2 heterocycles. The van der Waals surface area contributed by atoms with E-state index in [0.29, 0.717) is 0 Å². The minimum Gasteiger partial charge on any atom is -0.456 e. The molecule has 0 aliphatic heterocycles. The average molecular weight is 732 g/mol. The third kappa shape index (κ3) is 4.49. The summed E-state index contributed by atoms with van der Waals surface area (Å²) in [6.45, 7) is 0. The zero-order valence-corrected chi connectivity index (χ0v) is 31.1. The number of anilines is 3. The molecule has 56 heavy (non-hydrogen) atoms. The quantitative estimate of drug-likeness (QED) is 0.175. The summed E-state index contributed by atoms with van der Waals surface area (Å²) < 4.78 is 9.09. The van der Waals surface area contributed by atoms with Crippen molar-refractivity contribution in [3.05, 3.63) is 222 Å². The molecule has 0 bridgehead atoms. The number of hydrogen-bond acceptors (Lipinski definition) is 3. The average Bonchev–Trinajstić information content (AvgIpc) is 3.91. The second kappa shape index (κ2) is 12.0. The lowest BCUT2D eigenvalue weighted by Crippen LogP contribution is -2.28. The van der Waals surface area contributed by atoms with Gasteiger partial charge in [-0.05, 0) is 111 Å². The van der Waals surface area contributed by atoms with Gasteiger partial charge in [-0.15, -0.1) is 11.3 Å². The third-order valence-corrected chi connectivity index (χ3v) is 13.0. The lowest BCUT2D eigenvalue weighted by Gasteiger charge is -2.35. The molecule has 1 aliphatic carbocycles. The molecule has 2 nitrogen and oxygen atoms in total. The molecule has 2 aromatic heterocycles. The Hall–Kier alpha value is -6.94. The van der Waals surface area contributed by atoms with Crippen LogP contribution in [0.2, 0.25) is 0 Å². The van der Waals surface area contributed by atoms with Crippen LogP contribution in [-0.2, 0) is 5.41 Å². The Kier molecular flexibility index (Phi) is 6.75. The van der Waals surface area contributed by atoms with Gasteiger partial charge in [-0.25, -0.2) is 0 Å². The van der Waals surface area contributed by atoms with Gasteiger partial charge in [0.1, 0.15) is 11.2 Å². The molecule has 0 saturated heterocycles. The predicted molar refractivity (Wildman–Crippen MR) is 236 cm³/mol. The summed E-state index contributed by atoms with van der Waals surface area (Å²) in [5.74, 6) is 0. The lowest BCUT2D eigenvalue weighted by molar-refractivity contribution is 0.669. The maximum Gasteiger partial charge on any atom is 0.136 e. The highest BCUT2D eigenvalue weighted by Crippen LogP contribution is 2.56. The van der Waals surface area contributed by atoms with Gasteiger partial charge in [0.15, 0.2) is 0 Å². The van der Waals surface area contributed by atoms with Gasteiger partial charge < -0.3 is 9.32 Å². The van der Waals surface area contributed by atoms with E-state index in [1.165, 1.54) is 64.3 Å². The molecule has 0 N–H and O–H groups in total. The van der Waals surface area contributed by atoms with Crippen LogP contribution in [0.1, 0.15) is 22.3 Å². The van der Waals surface area contributed by atoms with Gasteiger partial charge in [-0.3, -0.25) is 0 Å². The second-order valence-electron chi connectivity index (χ2n) is 14.8. The molecule has 262 valence electrons. The third-order valence-electron chi connectivity index (χ3n) is 11.9. The molecule has 9 aromatic carbocycles. The number of benzene rings is 9. The van der Waals surface area contributed by atoms with Gasteiger partial charge in [-0.1, -0.05) is 133 Å². The van der Waals surface area contributed by atoms with Crippen molar-refractivity contribution >= 4 is 81.3 Å². The van der Waals surface area contributed by atoms with Gasteiger partial charge in [0.2, 0.25) is 0 Å². The van der Waals surface area contributed by atoms with Gasteiger partial charge >= 0.3 is 0 Å². The molecule has 11 aromatic rings. The van der Waals surface area contributed by atoms with Crippen molar-refractivity contribution < 1.29 is 4.42 Å². The van der Waals surface area contributed by atoms with Crippen molar-refractivity contribution in [3.8, 4) is 11.1 Å². The second-order valence-corrected chi connectivity index (χ2v) is 15.9. The van der Waals surface area contributed by atoms with Gasteiger partial charge in [0, 0.05) is 48.0 Å². The van der Waals surface area contributed by atoms with E-state index in [1.54, 1.807) is 0 Å². The van der Waals surface area contributed by atoms with Crippen LogP contribution in [0.25, 0.3) is 64.0 Å². The molecule has 12 rings (SSSR count). The first-order valence-corrected chi connectivity index (χ1v) is 20.0. The van der Waals surface area contributed by atoms with E-state index in [0.717, 1.165) is 39.0 Å². The highest BCUT2D eigenvalue weighted by molar-refractivity contribution is 7.25. The zero-order valence-electron chi connectivity index (χ0n) is 30.3. The van der Waals surface area contributed by atoms with Crippen LogP contribution in [0.15, 0.2) is 205 Å². The van der Waals surface area contributed by atoms with Crippen molar-refractivity contribution in [2.75, 3.05) is 4.90 Å². The fraction of sp³-hybridized carbons (Fsp3) is 0.0189. The predicted octanol–water partition coefficient (Wildman–Crippen LogP) is 14.9. The van der Waals surface area contributed by atoms with Crippen molar-refractivity contribution in [1.29, 1.82) is 0 Å². The Balaban J connectivity index is 1.13.